The summed E-state index contributed by atoms with van der Waals surface area (Å²) < 4.78 is 50.6. The second kappa shape index (κ2) is 15.3. The lowest BCUT2D eigenvalue weighted by atomic mass is 10.1. The van der Waals surface area contributed by atoms with E-state index in [2.05, 4.69) is 18.8 Å². The number of hydrogen-bond donors (Lipinski definition) is 2. The zero-order valence-corrected chi connectivity index (χ0v) is 17.6. The van der Waals surface area contributed by atoms with Crippen LogP contribution in [0.5, 0.6) is 0 Å². The van der Waals surface area contributed by atoms with Crippen LogP contribution in [0, 0.1) is 5.82 Å². The molecular weight excluding hydrogens is 418 g/mol. The SMILES string of the molecule is C=O.CCC.Fc1ccccc1.OCC1CN(c2ncccc2C(F)(F)F)CCN1O. The van der Waals surface area contributed by atoms with Gasteiger partial charge in [0.25, 0.3) is 0 Å². The molecule has 1 saturated heterocycles. The first-order chi connectivity index (χ1) is 14.7. The van der Waals surface area contributed by atoms with Gasteiger partial charge < -0.3 is 20.0 Å². The summed E-state index contributed by atoms with van der Waals surface area (Å²) in [5.74, 6) is -0.343. The first-order valence-corrected chi connectivity index (χ1v) is 9.57. The third-order valence-electron chi connectivity index (χ3n) is 3.79. The van der Waals surface area contributed by atoms with Crippen LogP contribution in [0.4, 0.5) is 23.4 Å². The predicted molar refractivity (Wildman–Crippen MR) is 110 cm³/mol. The average molecular weight is 447 g/mol. The zero-order chi connectivity index (χ0) is 23.9. The number of aromatic nitrogens is 1. The maximum Gasteiger partial charge on any atom is 0.419 e. The smallest absolute Gasteiger partial charge is 0.395 e. The number of halogens is 4. The molecule has 0 bridgehead atoms. The van der Waals surface area contributed by atoms with Gasteiger partial charge >= 0.3 is 6.18 Å². The Hall–Kier alpha value is -2.56. The van der Waals surface area contributed by atoms with E-state index in [-0.39, 0.29) is 37.9 Å². The highest BCUT2D eigenvalue weighted by Gasteiger charge is 2.37. The summed E-state index contributed by atoms with van der Waals surface area (Å²) in [5, 5.41) is 19.5. The molecule has 0 amide bonds. The molecular formula is C21H29F4N3O3. The van der Waals surface area contributed by atoms with E-state index >= 15 is 0 Å². The van der Waals surface area contributed by atoms with Gasteiger partial charge in [0.05, 0.1) is 18.2 Å². The van der Waals surface area contributed by atoms with E-state index in [4.69, 9.17) is 9.90 Å². The lowest BCUT2D eigenvalue weighted by Gasteiger charge is -2.38. The molecule has 1 unspecified atom stereocenters. The number of alkyl halides is 3. The number of benzene rings is 1. The number of aliphatic hydroxyl groups is 1. The van der Waals surface area contributed by atoms with E-state index in [9.17, 15) is 22.8 Å². The van der Waals surface area contributed by atoms with Crippen molar-refractivity contribution in [1.29, 1.82) is 0 Å². The van der Waals surface area contributed by atoms with Gasteiger partial charge in [0.15, 0.2) is 0 Å². The number of aliphatic hydroxyl groups excluding tert-OH is 1. The lowest BCUT2D eigenvalue weighted by molar-refractivity contribution is -0.143. The van der Waals surface area contributed by atoms with Crippen molar-refractivity contribution >= 4 is 12.6 Å². The second-order valence-electron chi connectivity index (χ2n) is 6.32. The number of carbonyl (C=O) groups is 1. The Kier molecular flexibility index (Phi) is 14.0. The molecule has 0 spiro atoms. The zero-order valence-electron chi connectivity index (χ0n) is 17.6. The molecule has 1 aliphatic heterocycles. The number of piperazine rings is 1. The van der Waals surface area contributed by atoms with Crippen molar-refractivity contribution in [2.75, 3.05) is 31.1 Å². The van der Waals surface area contributed by atoms with Crippen molar-refractivity contribution in [3.8, 4) is 0 Å². The lowest BCUT2D eigenvalue weighted by Crippen LogP contribution is -2.53. The second-order valence-corrected chi connectivity index (χ2v) is 6.32. The summed E-state index contributed by atoms with van der Waals surface area (Å²) in [6.45, 7) is 6.38. The Balaban J connectivity index is 0.000000619. The van der Waals surface area contributed by atoms with Crippen molar-refractivity contribution in [2.24, 2.45) is 0 Å². The summed E-state index contributed by atoms with van der Waals surface area (Å²) >= 11 is 0. The van der Waals surface area contributed by atoms with Crippen LogP contribution in [0.15, 0.2) is 48.7 Å². The fourth-order valence-corrected chi connectivity index (χ4v) is 2.47. The molecule has 2 N–H and O–H groups in total. The van der Waals surface area contributed by atoms with Gasteiger partial charge in [0.1, 0.15) is 18.4 Å². The third-order valence-corrected chi connectivity index (χ3v) is 3.79. The third kappa shape index (κ3) is 10.3. The molecule has 3 rings (SSSR count). The standard InChI is InChI=1S/C11H14F3N3O2.C6H5F.C3H8.CH2O/c12-11(13,14)9-2-1-3-15-10(9)16-4-5-17(19)8(6-16)7-18;7-6-4-2-1-3-5-6;1-3-2;1-2/h1-3,8,18-19H,4-7H2;1-5H;3H2,1-2H3;1H2. The van der Waals surface area contributed by atoms with Crippen LogP contribution in [0.3, 0.4) is 0 Å². The van der Waals surface area contributed by atoms with Crippen molar-refractivity contribution in [3.63, 3.8) is 0 Å². The summed E-state index contributed by atoms with van der Waals surface area (Å²) in [5.41, 5.74) is -0.807. The highest BCUT2D eigenvalue weighted by atomic mass is 19.4. The molecule has 10 heteroatoms. The van der Waals surface area contributed by atoms with E-state index in [1.54, 1.807) is 18.2 Å². The van der Waals surface area contributed by atoms with Crippen molar-refractivity contribution in [3.05, 3.63) is 60.0 Å². The van der Waals surface area contributed by atoms with Crippen LogP contribution in [-0.2, 0) is 11.0 Å². The van der Waals surface area contributed by atoms with Crippen LogP contribution in [0.1, 0.15) is 25.8 Å². The number of rotatable bonds is 2. The van der Waals surface area contributed by atoms with Crippen molar-refractivity contribution in [2.45, 2.75) is 32.5 Å². The Morgan fingerprint density at radius 2 is 1.68 bits per heavy atom. The molecule has 2 heterocycles. The van der Waals surface area contributed by atoms with Gasteiger partial charge in [0, 0.05) is 25.8 Å². The summed E-state index contributed by atoms with van der Waals surface area (Å²) in [6, 6.07) is 9.53. The fraction of sp³-hybridized carbons (Fsp3) is 0.429. The molecule has 1 aliphatic rings. The first kappa shape index (κ1) is 28.4. The molecule has 1 aromatic heterocycles. The normalized spacial score (nSPS) is 16.0. The number of carbonyl (C=O) groups excluding carboxylic acids is 1. The summed E-state index contributed by atoms with van der Waals surface area (Å²) in [4.78, 5) is 13.2. The van der Waals surface area contributed by atoms with Gasteiger partial charge in [-0.15, -0.1) is 0 Å². The minimum atomic E-state index is -4.48. The van der Waals surface area contributed by atoms with E-state index in [1.165, 1.54) is 35.7 Å². The highest BCUT2D eigenvalue weighted by Crippen LogP contribution is 2.35. The Bertz CT molecular complexity index is 721. The van der Waals surface area contributed by atoms with Gasteiger partial charge in [-0.2, -0.15) is 18.2 Å². The molecule has 6 nitrogen and oxygen atoms in total. The van der Waals surface area contributed by atoms with Crippen LogP contribution in [-0.4, -0.2) is 59.4 Å². The number of nitrogens with zero attached hydrogens (tertiary/aromatic N) is 3. The van der Waals surface area contributed by atoms with Gasteiger partial charge in [-0.25, -0.2) is 9.37 Å². The van der Waals surface area contributed by atoms with Gasteiger partial charge in [-0.1, -0.05) is 38.5 Å². The maximum atomic E-state index is 12.9. The van der Waals surface area contributed by atoms with Gasteiger partial charge in [-0.05, 0) is 24.3 Å². The highest BCUT2D eigenvalue weighted by molar-refractivity contribution is 5.49. The van der Waals surface area contributed by atoms with Crippen LogP contribution < -0.4 is 4.90 Å². The molecule has 1 aromatic carbocycles. The Morgan fingerprint density at radius 1 is 1.10 bits per heavy atom. The van der Waals surface area contributed by atoms with E-state index in [0.29, 0.717) is 0 Å². The maximum absolute atomic E-state index is 12.9. The van der Waals surface area contributed by atoms with Gasteiger partial charge in [0.2, 0.25) is 0 Å². The molecule has 0 saturated carbocycles. The number of pyridine rings is 1. The van der Waals surface area contributed by atoms with Crippen LogP contribution in [0.25, 0.3) is 0 Å². The Labute approximate surface area is 179 Å². The predicted octanol–water partition coefficient (Wildman–Crippen LogP) is 4.03. The average Bonchev–Trinajstić information content (AvgIpc) is 2.76. The summed E-state index contributed by atoms with van der Waals surface area (Å²) in [6.07, 6.45) is -1.93. The summed E-state index contributed by atoms with van der Waals surface area (Å²) in [7, 11) is 0. The first-order valence-electron chi connectivity index (χ1n) is 9.57. The van der Waals surface area contributed by atoms with E-state index in [1.807, 2.05) is 6.79 Å². The van der Waals surface area contributed by atoms with Crippen molar-refractivity contribution in [1.82, 2.24) is 10.0 Å². The molecule has 1 fully saturated rings. The largest absolute Gasteiger partial charge is 0.419 e. The van der Waals surface area contributed by atoms with Crippen LogP contribution in [0.2, 0.25) is 0 Å². The molecule has 174 valence electrons. The van der Waals surface area contributed by atoms with E-state index < -0.39 is 17.8 Å². The Morgan fingerprint density at radius 3 is 2.13 bits per heavy atom. The fourth-order valence-electron chi connectivity index (χ4n) is 2.47. The van der Waals surface area contributed by atoms with Crippen LogP contribution >= 0.6 is 0 Å². The van der Waals surface area contributed by atoms with E-state index in [0.717, 1.165) is 11.1 Å². The number of hydroxylamine groups is 2. The molecule has 31 heavy (non-hydrogen) atoms. The quantitative estimate of drug-likeness (QED) is 0.677. The molecule has 1 atom stereocenters. The number of hydrogen-bond acceptors (Lipinski definition) is 6. The van der Waals surface area contributed by atoms with Crippen molar-refractivity contribution < 1.29 is 32.7 Å². The molecule has 0 radical (unpaired) electrons. The molecule has 2 aromatic rings. The monoisotopic (exact) mass is 447 g/mol. The number of anilines is 1. The topological polar surface area (TPSA) is 76.9 Å². The molecule has 0 aliphatic carbocycles. The minimum Gasteiger partial charge on any atom is -0.395 e. The van der Waals surface area contributed by atoms with Gasteiger partial charge in [-0.3, -0.25) is 0 Å². The minimum absolute atomic E-state index is 0.0904.